The molecule has 0 amide bonds. The fourth-order valence-electron chi connectivity index (χ4n) is 3.57. The van der Waals surface area contributed by atoms with Crippen molar-refractivity contribution in [3.63, 3.8) is 0 Å². The lowest BCUT2D eigenvalue weighted by atomic mass is 9.84. The molecule has 0 aliphatic carbocycles. The van der Waals surface area contributed by atoms with Crippen LogP contribution >= 0.6 is 11.6 Å². The first kappa shape index (κ1) is 13.3. The first-order valence-corrected chi connectivity index (χ1v) is 8.16. The highest BCUT2D eigenvalue weighted by atomic mass is 35.5. The largest absolute Gasteiger partial charge is 0.301 e. The maximum atomic E-state index is 5.83. The summed E-state index contributed by atoms with van der Waals surface area (Å²) in [5, 5.41) is 8.75. The number of rotatable bonds is 3. The van der Waals surface area contributed by atoms with Crippen LogP contribution in [0.25, 0.3) is 11.3 Å². The fourth-order valence-corrected chi connectivity index (χ4v) is 3.75. The molecule has 4 heterocycles. The van der Waals surface area contributed by atoms with Gasteiger partial charge in [0, 0.05) is 18.0 Å². The molecule has 5 rings (SSSR count). The van der Waals surface area contributed by atoms with Gasteiger partial charge in [-0.05, 0) is 37.4 Å². The molecular formula is C16H19ClN4. The summed E-state index contributed by atoms with van der Waals surface area (Å²) in [6.07, 6.45) is 4.69. The maximum Gasteiger partial charge on any atom is 0.113 e. The van der Waals surface area contributed by atoms with Crippen LogP contribution in [0, 0.1) is 5.92 Å². The molecule has 3 aliphatic rings. The van der Waals surface area contributed by atoms with Crippen molar-refractivity contribution >= 4 is 11.6 Å². The molecule has 1 atom stereocenters. The number of nitrogens with zero attached hydrogens (tertiary/aromatic N) is 4. The predicted octanol–water partition coefficient (Wildman–Crippen LogP) is 2.95. The van der Waals surface area contributed by atoms with E-state index in [1.54, 1.807) is 0 Å². The van der Waals surface area contributed by atoms with Crippen molar-refractivity contribution in [1.82, 2.24) is 19.9 Å². The number of piperidine rings is 3. The minimum atomic E-state index is 0.496. The SMILES string of the molecule is ClCc1ccc(-c2cn(C3CN4CCC3CC4)nn2)cc1. The van der Waals surface area contributed by atoms with Crippen LogP contribution in [-0.2, 0) is 5.88 Å². The summed E-state index contributed by atoms with van der Waals surface area (Å²) in [4.78, 5) is 2.54. The minimum Gasteiger partial charge on any atom is -0.301 e. The lowest BCUT2D eigenvalue weighted by molar-refractivity contribution is 0.0504. The smallest absolute Gasteiger partial charge is 0.113 e. The van der Waals surface area contributed by atoms with E-state index in [0.717, 1.165) is 29.3 Å². The Balaban J connectivity index is 1.57. The molecule has 1 aromatic carbocycles. The summed E-state index contributed by atoms with van der Waals surface area (Å²) in [5.74, 6) is 1.32. The number of aromatic nitrogens is 3. The van der Waals surface area contributed by atoms with Crippen LogP contribution < -0.4 is 0 Å². The van der Waals surface area contributed by atoms with E-state index in [0.29, 0.717) is 11.9 Å². The fraction of sp³-hybridized carbons (Fsp3) is 0.500. The zero-order valence-corrected chi connectivity index (χ0v) is 12.7. The predicted molar refractivity (Wildman–Crippen MR) is 83.2 cm³/mol. The van der Waals surface area contributed by atoms with Crippen LogP contribution in [0.3, 0.4) is 0 Å². The van der Waals surface area contributed by atoms with Crippen LogP contribution in [0.15, 0.2) is 30.5 Å². The Morgan fingerprint density at radius 1 is 1.14 bits per heavy atom. The van der Waals surface area contributed by atoms with E-state index >= 15 is 0 Å². The van der Waals surface area contributed by atoms with Crippen LogP contribution in [-0.4, -0.2) is 39.5 Å². The summed E-state index contributed by atoms with van der Waals surface area (Å²) in [5.41, 5.74) is 3.19. The van der Waals surface area contributed by atoms with Crippen molar-refractivity contribution in [2.75, 3.05) is 19.6 Å². The van der Waals surface area contributed by atoms with Crippen molar-refractivity contribution in [1.29, 1.82) is 0 Å². The van der Waals surface area contributed by atoms with Crippen LogP contribution in [0.5, 0.6) is 0 Å². The average Bonchev–Trinajstić information content (AvgIpc) is 3.06. The second-order valence-corrected chi connectivity index (χ2v) is 6.39. The van der Waals surface area contributed by atoms with Gasteiger partial charge in [-0.15, -0.1) is 16.7 Å². The molecule has 2 bridgehead atoms. The lowest BCUT2D eigenvalue weighted by Gasteiger charge is -2.44. The van der Waals surface area contributed by atoms with Crippen molar-refractivity contribution in [2.24, 2.45) is 5.92 Å². The van der Waals surface area contributed by atoms with Gasteiger partial charge in [0.25, 0.3) is 0 Å². The van der Waals surface area contributed by atoms with E-state index in [-0.39, 0.29) is 0 Å². The monoisotopic (exact) mass is 302 g/mol. The van der Waals surface area contributed by atoms with Crippen molar-refractivity contribution < 1.29 is 0 Å². The second-order valence-electron chi connectivity index (χ2n) is 6.12. The topological polar surface area (TPSA) is 34.0 Å². The van der Waals surface area contributed by atoms with Gasteiger partial charge in [-0.3, -0.25) is 0 Å². The van der Waals surface area contributed by atoms with Crippen LogP contribution in [0.4, 0.5) is 0 Å². The number of fused-ring (bicyclic) bond motifs is 3. The molecule has 4 nitrogen and oxygen atoms in total. The van der Waals surface area contributed by atoms with E-state index in [9.17, 15) is 0 Å². The van der Waals surface area contributed by atoms with Gasteiger partial charge in [-0.2, -0.15) is 0 Å². The van der Waals surface area contributed by atoms with E-state index in [2.05, 4.69) is 50.4 Å². The zero-order valence-electron chi connectivity index (χ0n) is 12.0. The van der Waals surface area contributed by atoms with E-state index in [1.807, 2.05) is 0 Å². The van der Waals surface area contributed by atoms with Crippen LogP contribution in [0.1, 0.15) is 24.4 Å². The van der Waals surface area contributed by atoms with Gasteiger partial charge in [-0.25, -0.2) is 4.68 Å². The van der Waals surface area contributed by atoms with Gasteiger partial charge < -0.3 is 4.90 Å². The standard InChI is InChI=1S/C16H19ClN4/c17-9-12-1-3-13(4-2-12)15-10-21(19-18-15)16-11-20-7-5-14(16)6-8-20/h1-4,10,14,16H,5-9,11H2. The highest BCUT2D eigenvalue weighted by Crippen LogP contribution is 2.35. The van der Waals surface area contributed by atoms with Gasteiger partial charge >= 0.3 is 0 Å². The molecule has 5 heteroatoms. The average molecular weight is 303 g/mol. The summed E-state index contributed by atoms with van der Waals surface area (Å²) in [6, 6.07) is 8.74. The molecule has 3 fully saturated rings. The molecule has 110 valence electrons. The van der Waals surface area contributed by atoms with Crippen LogP contribution in [0.2, 0.25) is 0 Å². The molecule has 1 unspecified atom stereocenters. The van der Waals surface area contributed by atoms with Gasteiger partial charge in [0.15, 0.2) is 0 Å². The molecule has 0 N–H and O–H groups in total. The third-order valence-electron chi connectivity index (χ3n) is 4.88. The maximum absolute atomic E-state index is 5.83. The summed E-state index contributed by atoms with van der Waals surface area (Å²) < 4.78 is 2.08. The molecule has 1 aromatic heterocycles. The van der Waals surface area contributed by atoms with Crippen molar-refractivity contribution in [3.8, 4) is 11.3 Å². The summed E-state index contributed by atoms with van der Waals surface area (Å²) in [7, 11) is 0. The molecule has 0 radical (unpaired) electrons. The number of halogens is 1. The first-order chi connectivity index (χ1) is 10.3. The van der Waals surface area contributed by atoms with E-state index < -0.39 is 0 Å². The molecule has 0 saturated carbocycles. The quantitative estimate of drug-likeness (QED) is 0.818. The van der Waals surface area contributed by atoms with Gasteiger partial charge in [0.05, 0.1) is 12.2 Å². The Morgan fingerprint density at radius 2 is 1.90 bits per heavy atom. The summed E-state index contributed by atoms with van der Waals surface area (Å²) in [6.45, 7) is 3.63. The third-order valence-corrected chi connectivity index (χ3v) is 5.18. The number of benzene rings is 1. The Labute approximate surface area is 129 Å². The highest BCUT2D eigenvalue weighted by Gasteiger charge is 2.35. The van der Waals surface area contributed by atoms with E-state index in [1.165, 1.54) is 25.9 Å². The van der Waals surface area contributed by atoms with E-state index in [4.69, 9.17) is 11.6 Å². The Hall–Kier alpha value is -1.39. The Kier molecular flexibility index (Phi) is 3.43. The molecule has 3 aliphatic heterocycles. The number of hydrogen-bond donors (Lipinski definition) is 0. The molecular weight excluding hydrogens is 284 g/mol. The third kappa shape index (κ3) is 2.47. The second kappa shape index (κ2) is 5.43. The minimum absolute atomic E-state index is 0.496. The van der Waals surface area contributed by atoms with Gasteiger partial charge in [0.2, 0.25) is 0 Å². The van der Waals surface area contributed by atoms with Gasteiger partial charge in [0.1, 0.15) is 5.69 Å². The Morgan fingerprint density at radius 3 is 2.52 bits per heavy atom. The molecule has 21 heavy (non-hydrogen) atoms. The lowest BCUT2D eigenvalue weighted by Crippen LogP contribution is -2.48. The zero-order chi connectivity index (χ0) is 14.2. The number of hydrogen-bond acceptors (Lipinski definition) is 3. The normalized spacial score (nSPS) is 28.0. The highest BCUT2D eigenvalue weighted by molar-refractivity contribution is 6.17. The molecule has 3 saturated heterocycles. The summed E-state index contributed by atoms with van der Waals surface area (Å²) >= 11 is 5.83. The van der Waals surface area contributed by atoms with Gasteiger partial charge in [-0.1, -0.05) is 29.5 Å². The van der Waals surface area contributed by atoms with Crippen molar-refractivity contribution in [2.45, 2.75) is 24.8 Å². The number of alkyl halides is 1. The first-order valence-electron chi connectivity index (χ1n) is 7.63. The Bertz CT molecular complexity index is 613. The molecule has 2 aromatic rings. The molecule has 0 spiro atoms. The van der Waals surface area contributed by atoms with Crippen molar-refractivity contribution in [3.05, 3.63) is 36.0 Å².